The molecule has 0 bridgehead atoms. The summed E-state index contributed by atoms with van der Waals surface area (Å²) in [7, 11) is 0. The zero-order chi connectivity index (χ0) is 17.6. The van der Waals surface area contributed by atoms with Gasteiger partial charge < -0.3 is 5.73 Å². The van der Waals surface area contributed by atoms with Gasteiger partial charge in [0.15, 0.2) is 0 Å². The Morgan fingerprint density at radius 2 is 1.68 bits per heavy atom. The van der Waals surface area contributed by atoms with Crippen LogP contribution in [-0.2, 0) is 0 Å². The van der Waals surface area contributed by atoms with E-state index in [0.29, 0.717) is 16.8 Å². The van der Waals surface area contributed by atoms with Gasteiger partial charge in [0.25, 0.3) is 17.4 Å². The van der Waals surface area contributed by atoms with Gasteiger partial charge in [-0.3, -0.25) is 24.3 Å². The number of nitrogens with zero attached hydrogens (tertiary/aromatic N) is 3. The van der Waals surface area contributed by atoms with Crippen molar-refractivity contribution in [2.24, 2.45) is 0 Å². The summed E-state index contributed by atoms with van der Waals surface area (Å²) < 4.78 is 1.21. The number of imide groups is 1. The van der Waals surface area contributed by atoms with E-state index in [0.717, 1.165) is 6.07 Å². The first-order chi connectivity index (χ1) is 12.1. The normalized spacial score (nSPS) is 12.8. The summed E-state index contributed by atoms with van der Waals surface area (Å²) in [5.41, 5.74) is 7.39. The second kappa shape index (κ2) is 5.38. The number of carbonyl (C=O) groups is 2. The molecule has 4 rings (SSSR count). The number of carbonyl (C=O) groups excluding carboxylic acids is 2. The first-order valence-electron chi connectivity index (χ1n) is 7.34. The molecule has 1 aliphatic heterocycles. The van der Waals surface area contributed by atoms with Gasteiger partial charge in [0, 0.05) is 29.6 Å². The topological polar surface area (TPSA) is 120 Å². The Bertz CT molecular complexity index is 1090. The molecule has 8 heteroatoms. The fourth-order valence-corrected chi connectivity index (χ4v) is 2.88. The Kier molecular flexibility index (Phi) is 3.17. The zero-order valence-corrected chi connectivity index (χ0v) is 12.8. The van der Waals surface area contributed by atoms with Crippen LogP contribution in [0.25, 0.3) is 16.8 Å². The molecule has 0 unspecified atom stereocenters. The highest BCUT2D eigenvalue weighted by molar-refractivity contribution is 6.23. The lowest BCUT2D eigenvalue weighted by Crippen LogP contribution is -2.24. The lowest BCUT2D eigenvalue weighted by Gasteiger charge is -2.15. The van der Waals surface area contributed by atoms with E-state index in [-0.39, 0.29) is 16.9 Å². The van der Waals surface area contributed by atoms with Gasteiger partial charge in [0.05, 0.1) is 16.8 Å². The monoisotopic (exact) mass is 333 g/mol. The van der Waals surface area contributed by atoms with Crippen LogP contribution >= 0.6 is 0 Å². The Morgan fingerprint density at radius 1 is 0.960 bits per heavy atom. The summed E-state index contributed by atoms with van der Waals surface area (Å²) in [4.78, 5) is 44.3. The number of fused-ring (bicyclic) bond motifs is 1. The van der Waals surface area contributed by atoms with Crippen LogP contribution in [0.15, 0.2) is 53.8 Å². The van der Waals surface area contributed by atoms with E-state index >= 15 is 0 Å². The molecule has 0 saturated carbocycles. The highest BCUT2D eigenvalue weighted by Crippen LogP contribution is 2.29. The van der Waals surface area contributed by atoms with Gasteiger partial charge in [-0.1, -0.05) is 18.2 Å². The molecule has 3 aromatic rings. The number of pyridine rings is 1. The number of aromatic nitrogens is 3. The highest BCUT2D eigenvalue weighted by Gasteiger charge is 2.32. The molecule has 0 spiro atoms. The number of nitrogen functional groups attached to an aromatic ring is 1. The van der Waals surface area contributed by atoms with E-state index in [4.69, 9.17) is 5.73 Å². The number of anilines is 1. The maximum atomic E-state index is 12.6. The SMILES string of the molecule is Nc1c2c(cc(=O)n1-c1ccccc1-c1cncnc1)C(=O)NC2=O. The highest BCUT2D eigenvalue weighted by atomic mass is 16.2. The third-order valence-electron chi connectivity index (χ3n) is 3.97. The van der Waals surface area contributed by atoms with Crippen molar-refractivity contribution in [3.05, 3.63) is 70.5 Å². The third kappa shape index (κ3) is 2.19. The fraction of sp³-hybridized carbons (Fsp3) is 0. The average molecular weight is 333 g/mol. The number of benzene rings is 1. The van der Waals surface area contributed by atoms with Gasteiger partial charge in [-0.25, -0.2) is 9.97 Å². The predicted molar refractivity (Wildman–Crippen MR) is 89.3 cm³/mol. The van der Waals surface area contributed by atoms with Crippen molar-refractivity contribution in [1.29, 1.82) is 0 Å². The minimum atomic E-state index is -0.624. The molecule has 2 amide bonds. The van der Waals surface area contributed by atoms with Crippen molar-refractivity contribution < 1.29 is 9.59 Å². The van der Waals surface area contributed by atoms with Crippen LogP contribution in [0.2, 0.25) is 0 Å². The second-order valence-corrected chi connectivity index (χ2v) is 5.42. The van der Waals surface area contributed by atoms with E-state index < -0.39 is 17.4 Å². The molecule has 0 fully saturated rings. The molecule has 8 nitrogen and oxygen atoms in total. The zero-order valence-electron chi connectivity index (χ0n) is 12.8. The van der Waals surface area contributed by atoms with E-state index in [2.05, 4.69) is 15.3 Å². The van der Waals surface area contributed by atoms with Gasteiger partial charge in [-0.15, -0.1) is 0 Å². The van der Waals surface area contributed by atoms with Crippen molar-refractivity contribution >= 4 is 17.6 Å². The summed E-state index contributed by atoms with van der Waals surface area (Å²) in [6, 6.07) is 8.15. The molecule has 3 heterocycles. The summed E-state index contributed by atoms with van der Waals surface area (Å²) >= 11 is 0. The summed E-state index contributed by atoms with van der Waals surface area (Å²) in [6.07, 6.45) is 4.62. The van der Waals surface area contributed by atoms with Crippen molar-refractivity contribution in [2.75, 3.05) is 5.73 Å². The Balaban J connectivity index is 2.03. The van der Waals surface area contributed by atoms with Crippen LogP contribution in [0.5, 0.6) is 0 Å². The van der Waals surface area contributed by atoms with Crippen molar-refractivity contribution in [3.8, 4) is 16.8 Å². The second-order valence-electron chi connectivity index (χ2n) is 5.42. The summed E-state index contributed by atoms with van der Waals surface area (Å²) in [5.74, 6) is -1.33. The van der Waals surface area contributed by atoms with Gasteiger partial charge in [0.2, 0.25) is 0 Å². The van der Waals surface area contributed by atoms with Gasteiger partial charge in [-0.05, 0) is 6.07 Å². The molecular formula is C17H11N5O3. The third-order valence-corrected chi connectivity index (χ3v) is 3.97. The molecular weight excluding hydrogens is 322 g/mol. The molecule has 0 saturated heterocycles. The van der Waals surface area contributed by atoms with Crippen LogP contribution in [0.3, 0.4) is 0 Å². The van der Waals surface area contributed by atoms with E-state index in [9.17, 15) is 14.4 Å². The number of rotatable bonds is 2. The van der Waals surface area contributed by atoms with Crippen molar-refractivity contribution in [2.45, 2.75) is 0 Å². The maximum absolute atomic E-state index is 12.6. The number of nitrogens with two attached hydrogens (primary N) is 1. The Hall–Kier alpha value is -3.81. The van der Waals surface area contributed by atoms with Crippen molar-refractivity contribution in [1.82, 2.24) is 19.9 Å². The van der Waals surface area contributed by atoms with Crippen LogP contribution in [-0.4, -0.2) is 26.3 Å². The minimum absolute atomic E-state index is 0.00344. The largest absolute Gasteiger partial charge is 0.384 e. The van der Waals surface area contributed by atoms with Crippen LogP contribution in [0.4, 0.5) is 5.82 Å². The van der Waals surface area contributed by atoms with Gasteiger partial charge >= 0.3 is 0 Å². The Morgan fingerprint density at radius 3 is 2.44 bits per heavy atom. The summed E-state index contributed by atoms with van der Waals surface area (Å²) in [6.45, 7) is 0. The van der Waals surface area contributed by atoms with E-state index in [1.54, 1.807) is 36.7 Å². The van der Waals surface area contributed by atoms with Gasteiger partial charge in [-0.2, -0.15) is 0 Å². The summed E-state index contributed by atoms with van der Waals surface area (Å²) in [5, 5.41) is 2.15. The van der Waals surface area contributed by atoms with Crippen molar-refractivity contribution in [3.63, 3.8) is 0 Å². The predicted octanol–water partition coefficient (Wildman–Crippen LogP) is 0.760. The molecule has 1 aliphatic rings. The average Bonchev–Trinajstić information content (AvgIpc) is 2.90. The first kappa shape index (κ1) is 14.8. The number of hydrogen-bond acceptors (Lipinski definition) is 6. The minimum Gasteiger partial charge on any atom is -0.384 e. The molecule has 2 aromatic heterocycles. The Labute approximate surface area is 141 Å². The molecule has 0 radical (unpaired) electrons. The van der Waals surface area contributed by atoms with Crippen LogP contribution in [0, 0.1) is 0 Å². The van der Waals surface area contributed by atoms with E-state index in [1.807, 2.05) is 0 Å². The molecule has 3 N–H and O–H groups in total. The molecule has 0 atom stereocenters. The van der Waals surface area contributed by atoms with E-state index in [1.165, 1.54) is 10.9 Å². The molecule has 122 valence electrons. The quantitative estimate of drug-likeness (QED) is 0.668. The van der Waals surface area contributed by atoms with Crippen LogP contribution < -0.4 is 16.6 Å². The van der Waals surface area contributed by atoms with Gasteiger partial charge in [0.1, 0.15) is 12.1 Å². The number of hydrogen-bond donors (Lipinski definition) is 2. The number of amides is 2. The fourth-order valence-electron chi connectivity index (χ4n) is 2.88. The number of para-hydroxylation sites is 1. The maximum Gasteiger partial charge on any atom is 0.262 e. The standard InChI is InChI=1S/C17H11N5O3/c18-15-14-11(16(24)21-17(14)25)5-13(23)22(15)12-4-2-1-3-10(12)9-6-19-8-20-7-9/h1-8H,18H2,(H,21,24,25). The number of nitrogens with one attached hydrogen (secondary N) is 1. The lowest BCUT2D eigenvalue weighted by atomic mass is 10.1. The lowest BCUT2D eigenvalue weighted by molar-refractivity contribution is 0.0880. The molecule has 0 aliphatic carbocycles. The molecule has 25 heavy (non-hydrogen) atoms. The smallest absolute Gasteiger partial charge is 0.262 e. The van der Waals surface area contributed by atoms with Crippen LogP contribution in [0.1, 0.15) is 20.7 Å². The first-order valence-corrected chi connectivity index (χ1v) is 7.34. The molecule has 1 aromatic carbocycles.